The Morgan fingerprint density at radius 3 is 2.69 bits per heavy atom. The van der Waals surface area contributed by atoms with Crippen LogP contribution in [-0.2, 0) is 0 Å². The van der Waals surface area contributed by atoms with Gasteiger partial charge in [0.25, 0.3) is 0 Å². The number of aromatic nitrogens is 3. The van der Waals surface area contributed by atoms with E-state index in [1.165, 1.54) is 0 Å². The van der Waals surface area contributed by atoms with Gasteiger partial charge in [-0.05, 0) is 51.9 Å². The molecule has 0 bridgehead atoms. The van der Waals surface area contributed by atoms with Gasteiger partial charge < -0.3 is 25.0 Å². The van der Waals surface area contributed by atoms with E-state index in [0.717, 1.165) is 48.6 Å². The lowest BCUT2D eigenvalue weighted by molar-refractivity contribution is 0.0693. The second kappa shape index (κ2) is 11.1. The summed E-state index contributed by atoms with van der Waals surface area (Å²) < 4.78 is 7.40. The lowest BCUT2D eigenvalue weighted by Crippen LogP contribution is -2.63. The molecule has 3 aromatic rings. The quantitative estimate of drug-likeness (QED) is 0.473. The fourth-order valence-electron chi connectivity index (χ4n) is 5.79. The topological polar surface area (TPSA) is 122 Å². The molecular formula is C28H36N8O3. The van der Waals surface area contributed by atoms with Gasteiger partial charge in [-0.3, -0.25) is 4.90 Å². The van der Waals surface area contributed by atoms with E-state index >= 15 is 0 Å². The summed E-state index contributed by atoms with van der Waals surface area (Å²) in [5.41, 5.74) is 2.43. The van der Waals surface area contributed by atoms with E-state index in [-0.39, 0.29) is 0 Å². The Balaban J connectivity index is 1.33. The number of rotatable bonds is 7. The van der Waals surface area contributed by atoms with Crippen LogP contribution in [0.3, 0.4) is 0 Å². The summed E-state index contributed by atoms with van der Waals surface area (Å²) in [5.74, 6) is 1.52. The van der Waals surface area contributed by atoms with E-state index in [9.17, 15) is 15.2 Å². The fourth-order valence-corrected chi connectivity index (χ4v) is 5.79. The zero-order valence-corrected chi connectivity index (χ0v) is 22.8. The summed E-state index contributed by atoms with van der Waals surface area (Å²) in [4.78, 5) is 23.5. The van der Waals surface area contributed by atoms with Crippen molar-refractivity contribution in [1.29, 1.82) is 5.26 Å². The van der Waals surface area contributed by atoms with Gasteiger partial charge in [-0.1, -0.05) is 0 Å². The summed E-state index contributed by atoms with van der Waals surface area (Å²) in [6, 6.07) is 8.59. The van der Waals surface area contributed by atoms with Gasteiger partial charge in [0.15, 0.2) is 0 Å². The average molecular weight is 533 g/mol. The van der Waals surface area contributed by atoms with E-state index in [0.29, 0.717) is 49.9 Å². The monoisotopic (exact) mass is 532 g/mol. The Morgan fingerprint density at radius 1 is 1.26 bits per heavy atom. The number of likely N-dealkylation sites (N-methyl/N-ethyl adjacent to an activating group) is 1. The van der Waals surface area contributed by atoms with Crippen LogP contribution in [0.4, 0.5) is 10.6 Å². The first-order valence-corrected chi connectivity index (χ1v) is 13.5. The zero-order chi connectivity index (χ0) is 27.6. The Hall–Kier alpha value is -3.88. The number of hydrogen-bond acceptors (Lipinski definition) is 8. The minimum Gasteiger partial charge on any atom is -0.492 e. The third-order valence-electron chi connectivity index (χ3n) is 8.06. The van der Waals surface area contributed by atoms with Crippen LogP contribution >= 0.6 is 0 Å². The van der Waals surface area contributed by atoms with Crippen LogP contribution in [0.15, 0.2) is 36.8 Å². The van der Waals surface area contributed by atoms with Crippen molar-refractivity contribution in [3.05, 3.63) is 42.4 Å². The van der Waals surface area contributed by atoms with Crippen molar-refractivity contribution < 1.29 is 14.6 Å². The van der Waals surface area contributed by atoms with Gasteiger partial charge in [-0.15, -0.1) is 0 Å². The Labute approximate surface area is 228 Å². The van der Waals surface area contributed by atoms with Gasteiger partial charge >= 0.3 is 6.09 Å². The van der Waals surface area contributed by atoms with Crippen molar-refractivity contribution in [1.82, 2.24) is 29.7 Å². The number of pyridine rings is 2. The normalized spacial score (nSPS) is 20.1. The van der Waals surface area contributed by atoms with Crippen LogP contribution in [0, 0.1) is 11.3 Å². The van der Waals surface area contributed by atoms with Crippen molar-refractivity contribution in [2.45, 2.75) is 38.3 Å². The van der Waals surface area contributed by atoms with Crippen molar-refractivity contribution in [3.8, 4) is 22.9 Å². The molecule has 2 fully saturated rings. The Morgan fingerprint density at radius 2 is 2.05 bits per heavy atom. The highest BCUT2D eigenvalue weighted by Crippen LogP contribution is 2.32. The number of nitrogens with zero attached hydrogens (tertiary/aromatic N) is 7. The van der Waals surface area contributed by atoms with E-state index in [1.54, 1.807) is 16.9 Å². The third kappa shape index (κ3) is 5.62. The molecule has 0 unspecified atom stereocenters. The maximum atomic E-state index is 11.7. The fraction of sp³-hybridized carbons (Fsp3) is 0.500. The average Bonchev–Trinajstić information content (AvgIpc) is 3.34. The standard InChI is InChI=1S/C28H36N8O3/c1-4-39-23-13-24(26-22(14-29)16-31-36(26)18-23)21-5-6-25(30-15-21)35-9-7-28(8-10-35,32-27(37)38)19-34-12-11-33(3)20(2)17-34/h5-6,13,15-16,18,20,32H,4,7-12,17,19H2,1-3H3,(H,37,38)/t20-/m0/s1. The summed E-state index contributed by atoms with van der Waals surface area (Å²) in [6.07, 6.45) is 5.61. The van der Waals surface area contributed by atoms with Gasteiger partial charge in [-0.2, -0.15) is 10.4 Å². The van der Waals surface area contributed by atoms with Crippen LogP contribution in [0.2, 0.25) is 0 Å². The highest BCUT2D eigenvalue weighted by Gasteiger charge is 2.39. The summed E-state index contributed by atoms with van der Waals surface area (Å²) in [7, 11) is 2.14. The van der Waals surface area contributed by atoms with Gasteiger partial charge in [0.2, 0.25) is 0 Å². The summed E-state index contributed by atoms with van der Waals surface area (Å²) in [6.45, 7) is 9.67. The molecule has 0 radical (unpaired) electrons. The Bertz CT molecular complexity index is 1360. The first-order valence-electron chi connectivity index (χ1n) is 13.5. The van der Waals surface area contributed by atoms with E-state index in [4.69, 9.17) is 9.72 Å². The molecule has 11 heteroatoms. The number of carbonyl (C=O) groups is 1. The number of amides is 1. The van der Waals surface area contributed by atoms with Crippen molar-refractivity contribution in [2.75, 3.05) is 57.8 Å². The molecule has 2 saturated heterocycles. The SMILES string of the molecule is CCOc1cc(-c2ccc(N3CCC(CN4CCN(C)[C@@H](C)C4)(NC(=O)O)CC3)nc2)c2c(C#N)cnn2c1. The van der Waals surface area contributed by atoms with Crippen LogP contribution in [-0.4, -0.2) is 100 Å². The largest absolute Gasteiger partial charge is 0.492 e. The molecule has 2 aliphatic heterocycles. The van der Waals surface area contributed by atoms with Crippen molar-refractivity contribution >= 4 is 17.4 Å². The molecule has 206 valence electrons. The molecule has 5 heterocycles. The van der Waals surface area contributed by atoms with Crippen LogP contribution < -0.4 is 15.0 Å². The molecule has 3 aromatic heterocycles. The molecule has 39 heavy (non-hydrogen) atoms. The Kier molecular flexibility index (Phi) is 7.59. The second-order valence-electron chi connectivity index (χ2n) is 10.7. The molecule has 0 saturated carbocycles. The molecule has 2 aliphatic rings. The van der Waals surface area contributed by atoms with Crippen LogP contribution in [0.1, 0.15) is 32.3 Å². The molecule has 2 N–H and O–H groups in total. The molecule has 1 amide bonds. The lowest BCUT2D eigenvalue weighted by atomic mass is 9.86. The number of carboxylic acid groups (broad SMARTS) is 1. The molecule has 0 spiro atoms. The minimum absolute atomic E-state index is 0.450. The van der Waals surface area contributed by atoms with E-state index in [2.05, 4.69) is 45.2 Å². The number of ether oxygens (including phenoxy) is 1. The maximum absolute atomic E-state index is 11.7. The minimum atomic E-state index is -0.967. The first kappa shape index (κ1) is 26.7. The highest BCUT2D eigenvalue weighted by atomic mass is 16.5. The number of nitriles is 1. The lowest BCUT2D eigenvalue weighted by Gasteiger charge is -2.47. The predicted octanol–water partition coefficient (Wildman–Crippen LogP) is 2.91. The molecular weight excluding hydrogens is 496 g/mol. The molecule has 0 aliphatic carbocycles. The van der Waals surface area contributed by atoms with E-state index < -0.39 is 11.6 Å². The number of nitrogens with one attached hydrogen (secondary N) is 1. The first-order chi connectivity index (χ1) is 18.8. The predicted molar refractivity (Wildman–Crippen MR) is 148 cm³/mol. The maximum Gasteiger partial charge on any atom is 0.405 e. The smallest absolute Gasteiger partial charge is 0.405 e. The molecule has 0 aromatic carbocycles. The van der Waals surface area contributed by atoms with Gasteiger partial charge in [0, 0.05) is 62.6 Å². The van der Waals surface area contributed by atoms with E-state index in [1.807, 2.05) is 31.3 Å². The van der Waals surface area contributed by atoms with Crippen molar-refractivity contribution in [3.63, 3.8) is 0 Å². The summed E-state index contributed by atoms with van der Waals surface area (Å²) >= 11 is 0. The molecule has 11 nitrogen and oxygen atoms in total. The zero-order valence-electron chi connectivity index (χ0n) is 22.8. The molecule has 5 rings (SSSR count). The van der Waals surface area contributed by atoms with Gasteiger partial charge in [0.05, 0.1) is 35.6 Å². The van der Waals surface area contributed by atoms with Crippen molar-refractivity contribution in [2.24, 2.45) is 0 Å². The highest BCUT2D eigenvalue weighted by molar-refractivity contribution is 5.85. The van der Waals surface area contributed by atoms with Gasteiger partial charge in [-0.25, -0.2) is 14.3 Å². The molecule has 1 atom stereocenters. The third-order valence-corrected chi connectivity index (χ3v) is 8.06. The number of fused-ring (bicyclic) bond motifs is 1. The number of piperazine rings is 1. The second-order valence-corrected chi connectivity index (χ2v) is 10.7. The van der Waals surface area contributed by atoms with Crippen LogP contribution in [0.25, 0.3) is 16.6 Å². The number of piperidine rings is 1. The van der Waals surface area contributed by atoms with Gasteiger partial charge in [0.1, 0.15) is 17.6 Å². The van der Waals surface area contributed by atoms with Crippen LogP contribution in [0.5, 0.6) is 5.75 Å². The summed E-state index contributed by atoms with van der Waals surface area (Å²) in [5, 5.41) is 26.4. The number of hydrogen-bond donors (Lipinski definition) is 2. The number of anilines is 1.